The van der Waals surface area contributed by atoms with Gasteiger partial charge in [-0.3, -0.25) is 33.8 Å². The van der Waals surface area contributed by atoms with Gasteiger partial charge in [0.05, 0.1) is 18.8 Å². The van der Waals surface area contributed by atoms with Crippen LogP contribution in [0.1, 0.15) is 102 Å². The maximum absolute atomic E-state index is 14.8. The number of hydrogen-bond acceptors (Lipinski definition) is 9. The molecule has 3 fully saturated rings. The lowest BCUT2D eigenvalue weighted by Crippen LogP contribution is -2.62. The van der Waals surface area contributed by atoms with Crippen molar-refractivity contribution in [3.05, 3.63) is 51.1 Å². The van der Waals surface area contributed by atoms with Gasteiger partial charge in [0.25, 0.3) is 11.8 Å². The number of hydrogen-bond donors (Lipinski definition) is 4. The Kier molecular flexibility index (Phi) is 14.5. The van der Waals surface area contributed by atoms with E-state index in [0.29, 0.717) is 17.2 Å². The summed E-state index contributed by atoms with van der Waals surface area (Å²) < 4.78 is 7.13. The molecule has 2 aromatic rings. The molecule has 0 bridgehead atoms. The zero-order valence-corrected chi connectivity index (χ0v) is 34.7. The van der Waals surface area contributed by atoms with E-state index in [1.165, 1.54) is 23.5 Å². The van der Waals surface area contributed by atoms with Crippen LogP contribution in [0.25, 0.3) is 0 Å². The molecule has 1 aliphatic heterocycles. The lowest BCUT2D eigenvalue weighted by Gasteiger charge is -2.37. The Morgan fingerprint density at radius 3 is 2.33 bits per heavy atom. The van der Waals surface area contributed by atoms with Gasteiger partial charge in [0.2, 0.25) is 23.5 Å². The average Bonchev–Trinajstić information content (AvgIpc) is 3.86. The van der Waals surface area contributed by atoms with Crippen LogP contribution < -0.4 is 26.0 Å². The van der Waals surface area contributed by atoms with Crippen LogP contribution in [-0.4, -0.2) is 93.0 Å². The normalized spacial score (nSPS) is 20.4. The van der Waals surface area contributed by atoms with Crippen LogP contribution in [0, 0.1) is 14.9 Å². The number of Topliss-reactive ketones (excluding diaryl/α,β-unsaturated/α-hetero) is 1. The van der Waals surface area contributed by atoms with Crippen molar-refractivity contribution in [1.82, 2.24) is 36.1 Å². The Morgan fingerprint density at radius 1 is 0.982 bits per heavy atom. The van der Waals surface area contributed by atoms with Gasteiger partial charge in [-0.25, -0.2) is 4.98 Å². The lowest BCUT2D eigenvalue weighted by molar-refractivity contribution is -0.145. The number of amides is 5. The molecule has 2 aliphatic carbocycles. The summed E-state index contributed by atoms with van der Waals surface area (Å²) in [5.74, 6) is -3.40. The fraction of sp³-hybridized carbons (Fsp3) is 0.590. The Hall–Kier alpha value is -3.86. The number of ketones is 1. The smallest absolute Gasteiger partial charge is 0.289 e. The average molecular weight is 892 g/mol. The third-order valence-electron chi connectivity index (χ3n) is 10.2. The number of aromatic nitrogens is 2. The number of halogens is 2. The molecule has 5 amide bonds. The maximum Gasteiger partial charge on any atom is 0.289 e. The maximum atomic E-state index is 14.8. The fourth-order valence-electron chi connectivity index (χ4n) is 7.17. The zero-order valence-electron chi connectivity index (χ0n) is 31.7. The van der Waals surface area contributed by atoms with Crippen molar-refractivity contribution in [2.75, 3.05) is 6.54 Å². The quantitative estimate of drug-likeness (QED) is 0.151. The molecule has 5 atom stereocenters. The standard InChI is InChI=1S/C39H51ClIN7O7/c1-5-9-28(32(49)37(53)44-25-12-13-25)45-35(51)30-19-27(55-26-17-23(40)16-24(41)18-26)21-48(30)38(54)33(39(2,3)4)47-36(52)31(22-10-7-6-8-11-22)46-34(50)29-20-42-14-15-43-29/h14-18,20,22,25,27-28,30-31,33H,5-13,19,21H2,1-4H3,(H,44,53)(H,45,51)(H,46,50)(H,47,52)/t27-,28+,30?,31+,33-/m1/s1. The summed E-state index contributed by atoms with van der Waals surface area (Å²) in [4.78, 5) is 91.9. The van der Waals surface area contributed by atoms with Crippen molar-refractivity contribution in [3.8, 4) is 5.75 Å². The number of benzene rings is 1. The molecule has 0 radical (unpaired) electrons. The highest BCUT2D eigenvalue weighted by Crippen LogP contribution is 2.32. The van der Waals surface area contributed by atoms with Gasteiger partial charge in [0.15, 0.2) is 0 Å². The monoisotopic (exact) mass is 891 g/mol. The van der Waals surface area contributed by atoms with E-state index in [1.807, 2.05) is 27.7 Å². The van der Waals surface area contributed by atoms with Crippen molar-refractivity contribution in [3.63, 3.8) is 0 Å². The molecule has 16 heteroatoms. The van der Waals surface area contributed by atoms with E-state index in [2.05, 4.69) is 53.8 Å². The number of ether oxygens (including phenoxy) is 1. The van der Waals surface area contributed by atoms with E-state index in [9.17, 15) is 28.8 Å². The molecule has 55 heavy (non-hydrogen) atoms. The number of nitrogens with one attached hydrogen (secondary N) is 4. The van der Waals surface area contributed by atoms with E-state index in [1.54, 1.807) is 18.2 Å². The predicted molar refractivity (Wildman–Crippen MR) is 213 cm³/mol. The number of nitrogens with zero attached hydrogens (tertiary/aromatic N) is 3. The summed E-state index contributed by atoms with van der Waals surface area (Å²) in [7, 11) is 0. The first kappa shape index (κ1) is 42.3. The molecule has 2 saturated carbocycles. The first-order valence-electron chi connectivity index (χ1n) is 19.1. The van der Waals surface area contributed by atoms with Crippen LogP contribution in [0.4, 0.5) is 0 Å². The lowest BCUT2D eigenvalue weighted by atomic mass is 9.82. The molecule has 1 aromatic carbocycles. The third-order valence-corrected chi connectivity index (χ3v) is 11.1. The summed E-state index contributed by atoms with van der Waals surface area (Å²) >= 11 is 8.43. The number of rotatable bonds is 15. The van der Waals surface area contributed by atoms with Crippen molar-refractivity contribution >= 4 is 69.5 Å². The van der Waals surface area contributed by atoms with E-state index < -0.39 is 71.0 Å². The Balaban J connectivity index is 1.41. The molecule has 5 rings (SSSR count). The molecule has 298 valence electrons. The van der Waals surface area contributed by atoms with Gasteiger partial charge in [-0.1, -0.05) is 65.0 Å². The van der Waals surface area contributed by atoms with Crippen molar-refractivity contribution in [1.29, 1.82) is 0 Å². The predicted octanol–water partition coefficient (Wildman–Crippen LogP) is 4.13. The second-order valence-corrected chi connectivity index (χ2v) is 17.5. The summed E-state index contributed by atoms with van der Waals surface area (Å²) in [6, 6.07) is 0.916. The molecule has 1 saturated heterocycles. The van der Waals surface area contributed by atoms with E-state index in [4.69, 9.17) is 16.3 Å². The minimum Gasteiger partial charge on any atom is -0.488 e. The molecule has 4 N–H and O–H groups in total. The molecular formula is C39H51ClIN7O7. The summed E-state index contributed by atoms with van der Waals surface area (Å²) in [5, 5.41) is 11.8. The fourth-order valence-corrected chi connectivity index (χ4v) is 8.23. The topological polar surface area (TPSA) is 189 Å². The van der Waals surface area contributed by atoms with Crippen LogP contribution >= 0.6 is 34.2 Å². The Morgan fingerprint density at radius 2 is 1.71 bits per heavy atom. The second-order valence-electron chi connectivity index (χ2n) is 15.8. The second kappa shape index (κ2) is 18.9. The molecule has 0 spiro atoms. The highest BCUT2D eigenvalue weighted by atomic mass is 127. The van der Waals surface area contributed by atoms with E-state index in [-0.39, 0.29) is 37.0 Å². The van der Waals surface area contributed by atoms with E-state index in [0.717, 1.165) is 48.5 Å². The molecule has 14 nitrogen and oxygen atoms in total. The SMILES string of the molecule is CCC[C@H](NC(=O)C1C[C@@H](Oc2cc(Cl)cc(I)c2)CN1C(=O)[C@@H](NC(=O)[C@@H](NC(=O)c1cnccn1)C1CCCCC1)C(C)(C)C)C(=O)C(=O)NC1CC1. The van der Waals surface area contributed by atoms with Gasteiger partial charge in [-0.2, -0.15) is 0 Å². The Labute approximate surface area is 340 Å². The highest BCUT2D eigenvalue weighted by molar-refractivity contribution is 14.1. The van der Waals surface area contributed by atoms with Crippen LogP contribution in [0.5, 0.6) is 5.75 Å². The van der Waals surface area contributed by atoms with Gasteiger partial charge in [0.1, 0.15) is 35.7 Å². The van der Waals surface area contributed by atoms with Crippen molar-refractivity contribution in [2.45, 2.75) is 128 Å². The number of likely N-dealkylation sites (tertiary alicyclic amines) is 1. The van der Waals surface area contributed by atoms with Crippen LogP contribution in [0.15, 0.2) is 36.8 Å². The van der Waals surface area contributed by atoms with Crippen LogP contribution in [-0.2, 0) is 24.0 Å². The first-order chi connectivity index (χ1) is 26.1. The first-order valence-corrected chi connectivity index (χ1v) is 20.6. The van der Waals surface area contributed by atoms with Crippen molar-refractivity contribution in [2.24, 2.45) is 11.3 Å². The van der Waals surface area contributed by atoms with Crippen LogP contribution in [0.3, 0.4) is 0 Å². The molecule has 2 heterocycles. The molecule has 3 aliphatic rings. The number of carbonyl (C=O) groups is 6. The minimum atomic E-state index is -1.13. The zero-order chi connectivity index (χ0) is 39.9. The minimum absolute atomic E-state index is 0.00745. The number of carbonyl (C=O) groups excluding carboxylic acids is 6. The summed E-state index contributed by atoms with van der Waals surface area (Å²) in [5.41, 5.74) is -0.778. The largest absolute Gasteiger partial charge is 0.488 e. The van der Waals surface area contributed by atoms with Gasteiger partial charge in [-0.15, -0.1) is 0 Å². The highest BCUT2D eigenvalue weighted by Gasteiger charge is 2.47. The third kappa shape index (κ3) is 11.6. The van der Waals surface area contributed by atoms with Gasteiger partial charge < -0.3 is 30.9 Å². The van der Waals surface area contributed by atoms with Gasteiger partial charge in [0, 0.05) is 33.4 Å². The van der Waals surface area contributed by atoms with Gasteiger partial charge in [-0.05, 0) is 84.2 Å². The summed E-state index contributed by atoms with van der Waals surface area (Å²) in [6.07, 6.45) is 10.2. The van der Waals surface area contributed by atoms with Gasteiger partial charge >= 0.3 is 0 Å². The molecular weight excluding hydrogens is 841 g/mol. The van der Waals surface area contributed by atoms with Crippen LogP contribution in [0.2, 0.25) is 5.02 Å². The molecule has 1 aromatic heterocycles. The van der Waals surface area contributed by atoms with Crippen molar-refractivity contribution < 1.29 is 33.5 Å². The Bertz CT molecular complexity index is 1710. The molecule has 1 unspecified atom stereocenters. The summed E-state index contributed by atoms with van der Waals surface area (Å²) in [6.45, 7) is 7.27. The van der Waals surface area contributed by atoms with E-state index >= 15 is 0 Å².